The number of nitrogens with zero attached hydrogens (tertiary/aromatic N) is 2. The van der Waals surface area contributed by atoms with Crippen LogP contribution in [-0.4, -0.2) is 21.1 Å². The molecule has 5 nitrogen and oxygen atoms in total. The number of rotatable bonds is 4. The Morgan fingerprint density at radius 3 is 2.23 bits per heavy atom. The molecule has 0 saturated heterocycles. The first kappa shape index (κ1) is 22.9. The van der Waals surface area contributed by atoms with Gasteiger partial charge in [-0.25, -0.2) is 0 Å². The van der Waals surface area contributed by atoms with E-state index in [9.17, 15) is 9.90 Å². The highest BCUT2D eigenvalue weighted by Gasteiger charge is 2.33. The lowest BCUT2D eigenvalue weighted by molar-refractivity contribution is 0.103. The number of hydrogen-bond acceptors (Lipinski definition) is 5. The first-order valence-electron chi connectivity index (χ1n) is 12.7. The number of phenolic OH excluding ortho intramolecular Hbond substituents is 1. The van der Waals surface area contributed by atoms with Gasteiger partial charge in [-0.3, -0.25) is 4.79 Å². The molecule has 7 rings (SSSR count). The van der Waals surface area contributed by atoms with Gasteiger partial charge in [-0.1, -0.05) is 72.8 Å². The summed E-state index contributed by atoms with van der Waals surface area (Å²) in [5, 5.41) is 20.8. The summed E-state index contributed by atoms with van der Waals surface area (Å²) < 4.78 is 6.30. The number of fused-ring (bicyclic) bond motifs is 2. The molecular formula is C34H22N2O3. The van der Waals surface area contributed by atoms with Crippen molar-refractivity contribution in [1.82, 2.24) is 10.2 Å². The van der Waals surface area contributed by atoms with Gasteiger partial charge in [0.25, 0.3) is 0 Å². The molecule has 0 spiro atoms. The Balaban J connectivity index is 1.56. The molecule has 39 heavy (non-hydrogen) atoms. The van der Waals surface area contributed by atoms with E-state index in [1.165, 1.54) is 0 Å². The molecule has 0 amide bonds. The fraction of sp³-hybridized carbons (Fsp3) is 0.0294. The molecule has 0 unspecified atom stereocenters. The number of aromatic nitrogens is 2. The van der Waals surface area contributed by atoms with Gasteiger partial charge in [0.1, 0.15) is 28.5 Å². The standard InChI is InChI=1S/C34H22N2O3/c1-20-9-7-12-22(19-20)39-28-16-8-14-25-29(28)34(38)26-18-17-23(21-10-3-2-4-11-21)32-31(26)30(25)33(36-35-32)24-13-5-6-15-27(24)37/h2-19,37H,1H3. The number of para-hydroxylation sites is 1. The summed E-state index contributed by atoms with van der Waals surface area (Å²) in [6.07, 6.45) is 0. The number of carbonyl (C=O) groups excluding carboxylic acids is 1. The second kappa shape index (κ2) is 8.92. The Labute approximate surface area is 225 Å². The largest absolute Gasteiger partial charge is 0.507 e. The third kappa shape index (κ3) is 3.67. The zero-order valence-electron chi connectivity index (χ0n) is 21.1. The molecule has 1 heterocycles. The Morgan fingerprint density at radius 2 is 1.41 bits per heavy atom. The molecule has 1 aromatic heterocycles. The number of hydrogen-bond donors (Lipinski definition) is 1. The van der Waals surface area contributed by atoms with Gasteiger partial charge in [-0.05, 0) is 60.0 Å². The topological polar surface area (TPSA) is 72.3 Å². The Morgan fingerprint density at radius 1 is 0.667 bits per heavy atom. The van der Waals surface area contributed by atoms with Crippen molar-refractivity contribution in [2.45, 2.75) is 6.92 Å². The van der Waals surface area contributed by atoms with E-state index < -0.39 is 0 Å². The number of aromatic hydroxyl groups is 1. The van der Waals surface area contributed by atoms with E-state index in [2.05, 4.69) is 10.2 Å². The normalized spacial score (nSPS) is 11.9. The molecule has 1 aliphatic carbocycles. The lowest BCUT2D eigenvalue weighted by Crippen LogP contribution is -2.14. The molecule has 0 radical (unpaired) electrons. The van der Waals surface area contributed by atoms with Gasteiger partial charge in [0.05, 0.1) is 5.56 Å². The summed E-state index contributed by atoms with van der Waals surface area (Å²) in [4.78, 5) is 14.2. The Bertz CT molecular complexity index is 1930. The summed E-state index contributed by atoms with van der Waals surface area (Å²) in [6, 6.07) is 34.1. The van der Waals surface area contributed by atoms with Crippen molar-refractivity contribution in [3.05, 3.63) is 126 Å². The average Bonchev–Trinajstić information content (AvgIpc) is 2.96. The minimum Gasteiger partial charge on any atom is -0.507 e. The smallest absolute Gasteiger partial charge is 0.198 e. The Hall–Kier alpha value is -5.29. The fourth-order valence-electron chi connectivity index (χ4n) is 5.38. The molecule has 5 heteroatoms. The van der Waals surface area contributed by atoms with Gasteiger partial charge in [-0.15, -0.1) is 10.2 Å². The van der Waals surface area contributed by atoms with E-state index >= 15 is 0 Å². The summed E-state index contributed by atoms with van der Waals surface area (Å²) in [7, 11) is 0. The van der Waals surface area contributed by atoms with Crippen LogP contribution in [-0.2, 0) is 0 Å². The van der Waals surface area contributed by atoms with Gasteiger partial charge in [-0.2, -0.15) is 0 Å². The van der Waals surface area contributed by atoms with Crippen LogP contribution < -0.4 is 4.74 Å². The number of ether oxygens (including phenoxy) is 1. The van der Waals surface area contributed by atoms with Crippen molar-refractivity contribution < 1.29 is 14.6 Å². The van der Waals surface area contributed by atoms with Crippen LogP contribution in [0.5, 0.6) is 17.2 Å². The van der Waals surface area contributed by atoms with Crippen LogP contribution in [0.15, 0.2) is 109 Å². The van der Waals surface area contributed by atoms with Gasteiger partial charge < -0.3 is 9.84 Å². The molecule has 0 bridgehead atoms. The van der Waals surface area contributed by atoms with Crippen LogP contribution in [0.3, 0.4) is 0 Å². The predicted molar refractivity (Wildman–Crippen MR) is 152 cm³/mol. The SMILES string of the molecule is Cc1cccc(Oc2cccc3c2C(=O)c2ccc(-c4ccccc4)c4nnc(-c5ccccc5O)c-3c24)c1. The van der Waals surface area contributed by atoms with Gasteiger partial charge >= 0.3 is 0 Å². The summed E-state index contributed by atoms with van der Waals surface area (Å²) in [6.45, 7) is 2.00. The summed E-state index contributed by atoms with van der Waals surface area (Å²) in [5.74, 6) is 1.07. The molecule has 0 aliphatic heterocycles. The van der Waals surface area contributed by atoms with E-state index in [0.29, 0.717) is 45.0 Å². The van der Waals surface area contributed by atoms with E-state index in [-0.39, 0.29) is 11.5 Å². The van der Waals surface area contributed by atoms with Crippen molar-refractivity contribution in [2.24, 2.45) is 0 Å². The predicted octanol–water partition coefficient (Wildman–Crippen LogP) is 7.98. The minimum atomic E-state index is -0.137. The third-order valence-corrected chi connectivity index (χ3v) is 7.14. The maximum Gasteiger partial charge on any atom is 0.198 e. The lowest BCUT2D eigenvalue weighted by atomic mass is 9.80. The third-order valence-electron chi connectivity index (χ3n) is 7.14. The van der Waals surface area contributed by atoms with Gasteiger partial charge in [0, 0.05) is 27.6 Å². The van der Waals surface area contributed by atoms with E-state index in [1.807, 2.05) is 104 Å². The highest BCUT2D eigenvalue weighted by molar-refractivity contribution is 6.29. The molecule has 0 atom stereocenters. The zero-order valence-corrected chi connectivity index (χ0v) is 21.1. The number of phenols is 1. The monoisotopic (exact) mass is 506 g/mol. The first-order valence-corrected chi connectivity index (χ1v) is 12.7. The van der Waals surface area contributed by atoms with E-state index in [1.54, 1.807) is 12.1 Å². The van der Waals surface area contributed by atoms with Gasteiger partial charge in [0.2, 0.25) is 0 Å². The molecule has 0 saturated carbocycles. The second-order valence-corrected chi connectivity index (χ2v) is 9.62. The van der Waals surface area contributed by atoms with Gasteiger partial charge in [0.15, 0.2) is 5.78 Å². The molecule has 6 aromatic rings. The highest BCUT2D eigenvalue weighted by atomic mass is 16.5. The number of benzene rings is 5. The molecule has 5 aromatic carbocycles. The van der Waals surface area contributed by atoms with Crippen LogP contribution in [0, 0.1) is 6.92 Å². The van der Waals surface area contributed by atoms with E-state index in [4.69, 9.17) is 4.74 Å². The number of ketones is 1. The molecule has 1 aliphatic rings. The van der Waals surface area contributed by atoms with Crippen molar-refractivity contribution in [1.29, 1.82) is 0 Å². The Kier molecular flexibility index (Phi) is 5.23. The second-order valence-electron chi connectivity index (χ2n) is 9.62. The highest BCUT2D eigenvalue weighted by Crippen LogP contribution is 2.49. The molecule has 1 N–H and O–H groups in total. The molecular weight excluding hydrogens is 484 g/mol. The van der Waals surface area contributed by atoms with Crippen LogP contribution in [0.1, 0.15) is 21.5 Å². The van der Waals surface area contributed by atoms with Crippen LogP contribution >= 0.6 is 0 Å². The molecule has 186 valence electrons. The summed E-state index contributed by atoms with van der Waals surface area (Å²) in [5.41, 5.74) is 7.05. The summed E-state index contributed by atoms with van der Waals surface area (Å²) >= 11 is 0. The fourth-order valence-corrected chi connectivity index (χ4v) is 5.38. The average molecular weight is 507 g/mol. The van der Waals surface area contributed by atoms with Crippen molar-refractivity contribution in [2.75, 3.05) is 0 Å². The van der Waals surface area contributed by atoms with Crippen LogP contribution in [0.2, 0.25) is 0 Å². The van der Waals surface area contributed by atoms with Crippen LogP contribution in [0.25, 0.3) is 44.4 Å². The van der Waals surface area contributed by atoms with Crippen molar-refractivity contribution in [3.8, 4) is 50.8 Å². The van der Waals surface area contributed by atoms with E-state index in [0.717, 1.165) is 27.6 Å². The first-order chi connectivity index (χ1) is 19.1. The number of aryl methyl sites for hydroxylation is 1. The maximum absolute atomic E-state index is 14.2. The maximum atomic E-state index is 14.2. The van der Waals surface area contributed by atoms with Crippen LogP contribution in [0.4, 0.5) is 0 Å². The lowest BCUT2D eigenvalue weighted by Gasteiger charge is -2.24. The molecule has 0 fully saturated rings. The van der Waals surface area contributed by atoms with Crippen molar-refractivity contribution in [3.63, 3.8) is 0 Å². The number of carbonyl (C=O) groups is 1. The quantitative estimate of drug-likeness (QED) is 0.262. The zero-order chi connectivity index (χ0) is 26.5. The van der Waals surface area contributed by atoms with Crippen molar-refractivity contribution >= 4 is 16.7 Å². The minimum absolute atomic E-state index is 0.0915.